The molecule has 0 atom stereocenters. The second-order valence-electron chi connectivity index (χ2n) is 5.98. The summed E-state index contributed by atoms with van der Waals surface area (Å²) in [6, 6.07) is 3.90. The van der Waals surface area contributed by atoms with Crippen LogP contribution in [-0.2, 0) is 0 Å². The van der Waals surface area contributed by atoms with Gasteiger partial charge in [-0.1, -0.05) is 23.2 Å². The molecule has 0 bridgehead atoms. The second-order valence-corrected chi connectivity index (χ2v) is 6.75. The maximum Gasteiger partial charge on any atom is 0.131 e. The van der Waals surface area contributed by atoms with Crippen LogP contribution in [0.1, 0.15) is 45.1 Å². The Hall–Kier alpha value is -0.310. The van der Waals surface area contributed by atoms with Gasteiger partial charge in [0, 0.05) is 5.54 Å². The van der Waals surface area contributed by atoms with E-state index in [4.69, 9.17) is 23.2 Å². The Morgan fingerprint density at radius 2 is 1.61 bits per heavy atom. The Bertz CT molecular complexity index is 398. The molecule has 100 valence electrons. The molecule has 0 aliphatic carbocycles. The van der Waals surface area contributed by atoms with Gasteiger partial charge in [-0.3, -0.25) is 4.90 Å². The highest BCUT2D eigenvalue weighted by Crippen LogP contribution is 2.32. The lowest BCUT2D eigenvalue weighted by molar-refractivity contribution is 0.102. The van der Waals surface area contributed by atoms with Crippen LogP contribution in [0.25, 0.3) is 0 Å². The first-order chi connectivity index (χ1) is 8.36. The fraction of sp³-hybridized carbons (Fsp3) is 0.643. The molecule has 0 aromatic carbocycles. The Balaban J connectivity index is 2.05. The minimum absolute atomic E-state index is 0.262. The minimum atomic E-state index is 0.262. The molecular formula is C14H20Cl2N2. The smallest absolute Gasteiger partial charge is 0.131 e. The van der Waals surface area contributed by atoms with Crippen LogP contribution in [0.4, 0.5) is 0 Å². The lowest BCUT2D eigenvalue weighted by Gasteiger charge is -2.41. The number of likely N-dealkylation sites (tertiary alicyclic amines) is 1. The number of rotatable bonds is 1. The van der Waals surface area contributed by atoms with Gasteiger partial charge in [0.15, 0.2) is 0 Å². The molecule has 0 amide bonds. The van der Waals surface area contributed by atoms with Crippen molar-refractivity contribution >= 4 is 23.2 Å². The predicted molar refractivity (Wildman–Crippen MR) is 77.6 cm³/mol. The van der Waals surface area contributed by atoms with Gasteiger partial charge in [-0.05, 0) is 70.3 Å². The maximum absolute atomic E-state index is 5.96. The third-order valence-electron chi connectivity index (χ3n) is 3.70. The summed E-state index contributed by atoms with van der Waals surface area (Å²) in [5, 5.41) is 0.992. The Kier molecular flexibility index (Phi) is 4.20. The molecule has 2 heterocycles. The van der Waals surface area contributed by atoms with Crippen molar-refractivity contribution in [1.29, 1.82) is 0 Å². The summed E-state index contributed by atoms with van der Waals surface area (Å²) in [6.45, 7) is 9.08. The summed E-state index contributed by atoms with van der Waals surface area (Å²) in [5.74, 6) is 0.557. The minimum Gasteiger partial charge on any atom is -0.298 e. The monoisotopic (exact) mass is 286 g/mol. The van der Waals surface area contributed by atoms with Crippen molar-refractivity contribution in [3.8, 4) is 0 Å². The van der Waals surface area contributed by atoms with E-state index in [0.717, 1.165) is 25.9 Å². The van der Waals surface area contributed by atoms with Crippen molar-refractivity contribution in [2.45, 2.75) is 45.1 Å². The van der Waals surface area contributed by atoms with E-state index in [1.165, 1.54) is 5.56 Å². The molecule has 0 radical (unpaired) electrons. The van der Waals surface area contributed by atoms with Gasteiger partial charge < -0.3 is 0 Å². The fourth-order valence-electron chi connectivity index (χ4n) is 2.60. The topological polar surface area (TPSA) is 16.1 Å². The van der Waals surface area contributed by atoms with E-state index in [1.807, 2.05) is 12.1 Å². The lowest BCUT2D eigenvalue weighted by Crippen LogP contribution is -2.45. The van der Waals surface area contributed by atoms with Gasteiger partial charge in [0.05, 0.1) is 0 Å². The van der Waals surface area contributed by atoms with Gasteiger partial charge in [-0.15, -0.1) is 0 Å². The molecule has 2 rings (SSSR count). The highest BCUT2D eigenvalue weighted by Gasteiger charge is 2.27. The summed E-state index contributed by atoms with van der Waals surface area (Å²) in [5.41, 5.74) is 1.49. The summed E-state index contributed by atoms with van der Waals surface area (Å²) >= 11 is 11.9. The number of halogens is 2. The predicted octanol–water partition coefficient (Wildman–Crippen LogP) is 4.37. The van der Waals surface area contributed by atoms with Crippen LogP contribution >= 0.6 is 23.2 Å². The molecule has 4 heteroatoms. The third-order valence-corrected chi connectivity index (χ3v) is 4.09. The number of hydrogen-bond acceptors (Lipinski definition) is 2. The van der Waals surface area contributed by atoms with E-state index >= 15 is 0 Å². The van der Waals surface area contributed by atoms with Crippen LogP contribution in [0.3, 0.4) is 0 Å². The first-order valence-corrected chi connectivity index (χ1v) is 7.20. The number of piperidine rings is 1. The Morgan fingerprint density at radius 3 is 2.06 bits per heavy atom. The van der Waals surface area contributed by atoms with Crippen LogP contribution in [0.2, 0.25) is 10.3 Å². The number of aromatic nitrogens is 1. The van der Waals surface area contributed by atoms with E-state index in [0.29, 0.717) is 16.2 Å². The van der Waals surface area contributed by atoms with Crippen LogP contribution < -0.4 is 0 Å². The van der Waals surface area contributed by atoms with Crippen molar-refractivity contribution in [1.82, 2.24) is 9.88 Å². The molecule has 0 spiro atoms. The van der Waals surface area contributed by atoms with Gasteiger partial charge >= 0.3 is 0 Å². The summed E-state index contributed by atoms with van der Waals surface area (Å²) in [4.78, 5) is 6.54. The SMILES string of the molecule is CC(C)(C)N1CCC(c2cc(Cl)nc(Cl)c2)CC1. The van der Waals surface area contributed by atoms with Crippen molar-refractivity contribution in [3.63, 3.8) is 0 Å². The van der Waals surface area contributed by atoms with Crippen molar-refractivity contribution in [2.75, 3.05) is 13.1 Å². The number of pyridine rings is 1. The van der Waals surface area contributed by atoms with E-state index in [9.17, 15) is 0 Å². The van der Waals surface area contributed by atoms with Gasteiger partial charge in [0.25, 0.3) is 0 Å². The average Bonchev–Trinajstić information content (AvgIpc) is 2.27. The van der Waals surface area contributed by atoms with Gasteiger partial charge in [-0.2, -0.15) is 0 Å². The van der Waals surface area contributed by atoms with Gasteiger partial charge in [-0.25, -0.2) is 4.98 Å². The molecular weight excluding hydrogens is 267 g/mol. The van der Waals surface area contributed by atoms with Crippen LogP contribution in [0.5, 0.6) is 0 Å². The van der Waals surface area contributed by atoms with E-state index in [-0.39, 0.29) is 5.54 Å². The molecule has 1 aromatic heterocycles. The third kappa shape index (κ3) is 3.37. The van der Waals surface area contributed by atoms with Crippen molar-refractivity contribution in [2.24, 2.45) is 0 Å². The number of nitrogens with zero attached hydrogens (tertiary/aromatic N) is 2. The Morgan fingerprint density at radius 1 is 1.11 bits per heavy atom. The highest BCUT2D eigenvalue weighted by atomic mass is 35.5. The Labute approximate surface area is 119 Å². The van der Waals surface area contributed by atoms with Crippen LogP contribution in [0, 0.1) is 0 Å². The fourth-order valence-corrected chi connectivity index (χ4v) is 3.08. The largest absolute Gasteiger partial charge is 0.298 e. The normalized spacial score (nSPS) is 19.2. The molecule has 1 saturated heterocycles. The van der Waals surface area contributed by atoms with Crippen molar-refractivity contribution < 1.29 is 0 Å². The molecule has 1 aromatic rings. The lowest BCUT2D eigenvalue weighted by atomic mass is 9.88. The summed E-state index contributed by atoms with van der Waals surface area (Å²) in [6.07, 6.45) is 2.32. The molecule has 0 unspecified atom stereocenters. The molecule has 0 N–H and O–H groups in total. The zero-order valence-electron chi connectivity index (χ0n) is 11.2. The standard InChI is InChI=1S/C14H20Cl2N2/c1-14(2,3)18-6-4-10(5-7-18)11-8-12(15)17-13(16)9-11/h8-10H,4-7H2,1-3H3. The molecule has 1 aliphatic heterocycles. The van der Waals surface area contributed by atoms with Crippen LogP contribution in [-0.4, -0.2) is 28.5 Å². The highest BCUT2D eigenvalue weighted by molar-refractivity contribution is 6.32. The quantitative estimate of drug-likeness (QED) is 0.713. The zero-order chi connectivity index (χ0) is 13.3. The van der Waals surface area contributed by atoms with Crippen LogP contribution in [0.15, 0.2) is 12.1 Å². The summed E-state index contributed by atoms with van der Waals surface area (Å²) < 4.78 is 0. The molecule has 2 nitrogen and oxygen atoms in total. The number of hydrogen-bond donors (Lipinski definition) is 0. The van der Waals surface area contributed by atoms with E-state index < -0.39 is 0 Å². The second kappa shape index (κ2) is 5.36. The first-order valence-electron chi connectivity index (χ1n) is 6.44. The molecule has 0 saturated carbocycles. The van der Waals surface area contributed by atoms with E-state index in [1.54, 1.807) is 0 Å². The van der Waals surface area contributed by atoms with Gasteiger partial charge in [0.2, 0.25) is 0 Å². The molecule has 1 fully saturated rings. The first kappa shape index (κ1) is 14.1. The maximum atomic E-state index is 5.96. The zero-order valence-corrected chi connectivity index (χ0v) is 12.7. The molecule has 18 heavy (non-hydrogen) atoms. The molecule has 1 aliphatic rings. The summed E-state index contributed by atoms with van der Waals surface area (Å²) in [7, 11) is 0. The van der Waals surface area contributed by atoms with E-state index in [2.05, 4.69) is 30.7 Å². The van der Waals surface area contributed by atoms with Crippen molar-refractivity contribution in [3.05, 3.63) is 28.0 Å². The van der Waals surface area contributed by atoms with Gasteiger partial charge in [0.1, 0.15) is 10.3 Å². The average molecular weight is 287 g/mol.